The van der Waals surface area contributed by atoms with Crippen molar-refractivity contribution < 1.29 is 9.66 Å². The predicted octanol–water partition coefficient (Wildman–Crippen LogP) is 2.86. The number of aromatic nitrogens is 2. The zero-order chi connectivity index (χ0) is 14.4. The number of ether oxygens (including phenoxy) is 1. The summed E-state index contributed by atoms with van der Waals surface area (Å²) in [5, 5.41) is 11.5. The van der Waals surface area contributed by atoms with Crippen molar-refractivity contribution in [3.05, 3.63) is 52.3 Å². The van der Waals surface area contributed by atoms with E-state index in [2.05, 4.69) is 9.97 Å². The molecule has 0 saturated heterocycles. The lowest BCUT2D eigenvalue weighted by atomic mass is 10.2. The van der Waals surface area contributed by atoms with E-state index in [0.717, 1.165) is 5.56 Å². The van der Waals surface area contributed by atoms with Crippen LogP contribution >= 0.6 is 11.8 Å². The maximum absolute atomic E-state index is 10.9. The second-order valence-electron chi connectivity index (χ2n) is 3.96. The Morgan fingerprint density at radius 2 is 2.10 bits per heavy atom. The fourth-order valence-corrected chi connectivity index (χ4v) is 2.15. The Labute approximate surface area is 120 Å². The van der Waals surface area contributed by atoms with Crippen LogP contribution < -0.4 is 4.74 Å². The lowest BCUT2D eigenvalue weighted by molar-refractivity contribution is -0.385. The highest BCUT2D eigenvalue weighted by Crippen LogP contribution is 2.27. The van der Waals surface area contributed by atoms with Crippen molar-refractivity contribution in [1.82, 2.24) is 9.97 Å². The highest BCUT2D eigenvalue weighted by atomic mass is 32.2. The first-order valence-electron chi connectivity index (χ1n) is 5.94. The number of nitrogens with zero attached hydrogens (tertiary/aromatic N) is 3. The summed E-state index contributed by atoms with van der Waals surface area (Å²) in [6.45, 7) is 2.22. The van der Waals surface area contributed by atoms with E-state index in [1.807, 2.05) is 6.92 Å². The van der Waals surface area contributed by atoms with Crippen molar-refractivity contribution in [1.29, 1.82) is 0 Å². The standard InChI is InChI=1S/C13H13N3O3S/c1-10-3-4-11(16(17)18)12(9-10)19-7-8-20-13-14-5-2-6-15-13/h2-6,9H,7-8H2,1H3. The quantitative estimate of drug-likeness (QED) is 0.268. The van der Waals surface area contributed by atoms with Gasteiger partial charge in [0.2, 0.25) is 0 Å². The molecular formula is C13H13N3O3S. The Morgan fingerprint density at radius 1 is 1.35 bits per heavy atom. The molecule has 1 heterocycles. The lowest BCUT2D eigenvalue weighted by Crippen LogP contribution is -2.03. The second-order valence-corrected chi connectivity index (χ2v) is 5.02. The summed E-state index contributed by atoms with van der Waals surface area (Å²) in [6, 6.07) is 6.56. The van der Waals surface area contributed by atoms with Crippen LogP contribution in [0.4, 0.5) is 5.69 Å². The average molecular weight is 291 g/mol. The Balaban J connectivity index is 1.91. The summed E-state index contributed by atoms with van der Waals surface area (Å²) in [6.07, 6.45) is 3.34. The van der Waals surface area contributed by atoms with Crippen LogP contribution in [-0.4, -0.2) is 27.3 Å². The Kier molecular flexibility index (Phi) is 4.89. The zero-order valence-electron chi connectivity index (χ0n) is 10.9. The van der Waals surface area contributed by atoms with Crippen molar-refractivity contribution in [2.75, 3.05) is 12.4 Å². The topological polar surface area (TPSA) is 78.2 Å². The number of nitro benzene ring substituents is 1. The van der Waals surface area contributed by atoms with Crippen molar-refractivity contribution in [3.8, 4) is 5.75 Å². The van der Waals surface area contributed by atoms with E-state index in [4.69, 9.17) is 4.74 Å². The molecule has 2 aromatic rings. The van der Waals surface area contributed by atoms with Gasteiger partial charge in [0.15, 0.2) is 10.9 Å². The normalized spacial score (nSPS) is 10.2. The molecule has 0 bridgehead atoms. The minimum absolute atomic E-state index is 0.0171. The maximum Gasteiger partial charge on any atom is 0.310 e. The van der Waals surface area contributed by atoms with Gasteiger partial charge in [-0.05, 0) is 24.6 Å². The van der Waals surface area contributed by atoms with E-state index in [1.165, 1.54) is 17.8 Å². The van der Waals surface area contributed by atoms with Crippen LogP contribution in [0.1, 0.15) is 5.56 Å². The zero-order valence-corrected chi connectivity index (χ0v) is 11.7. The van der Waals surface area contributed by atoms with Crippen LogP contribution in [0, 0.1) is 17.0 Å². The highest BCUT2D eigenvalue weighted by molar-refractivity contribution is 7.99. The average Bonchev–Trinajstić information content (AvgIpc) is 2.44. The van der Waals surface area contributed by atoms with Crippen molar-refractivity contribution in [2.24, 2.45) is 0 Å². The molecular weight excluding hydrogens is 278 g/mol. The van der Waals surface area contributed by atoms with E-state index in [-0.39, 0.29) is 5.69 Å². The maximum atomic E-state index is 10.9. The number of benzene rings is 1. The molecule has 0 radical (unpaired) electrons. The molecule has 0 aliphatic heterocycles. The van der Waals surface area contributed by atoms with Gasteiger partial charge in [-0.15, -0.1) is 0 Å². The molecule has 6 nitrogen and oxygen atoms in total. The SMILES string of the molecule is Cc1ccc([N+](=O)[O-])c(OCCSc2ncccn2)c1. The van der Waals surface area contributed by atoms with E-state index in [1.54, 1.807) is 30.6 Å². The number of nitro groups is 1. The molecule has 7 heteroatoms. The Morgan fingerprint density at radius 3 is 2.80 bits per heavy atom. The van der Waals surface area contributed by atoms with E-state index in [9.17, 15) is 10.1 Å². The molecule has 0 atom stereocenters. The van der Waals surface area contributed by atoms with E-state index >= 15 is 0 Å². The van der Waals surface area contributed by atoms with Crippen molar-refractivity contribution in [2.45, 2.75) is 12.1 Å². The first-order valence-corrected chi connectivity index (χ1v) is 6.93. The highest BCUT2D eigenvalue weighted by Gasteiger charge is 2.14. The molecule has 0 N–H and O–H groups in total. The van der Waals surface area contributed by atoms with E-state index < -0.39 is 4.92 Å². The first-order chi connectivity index (χ1) is 9.66. The Bertz CT molecular complexity index is 593. The number of rotatable bonds is 6. The summed E-state index contributed by atoms with van der Waals surface area (Å²) < 4.78 is 5.48. The summed E-state index contributed by atoms with van der Waals surface area (Å²) in [4.78, 5) is 18.6. The smallest absolute Gasteiger partial charge is 0.310 e. The third-order valence-electron chi connectivity index (χ3n) is 2.43. The first kappa shape index (κ1) is 14.3. The van der Waals surface area contributed by atoms with Gasteiger partial charge in [-0.25, -0.2) is 9.97 Å². The third kappa shape index (κ3) is 3.92. The molecule has 0 amide bonds. The van der Waals surface area contributed by atoms with Crippen molar-refractivity contribution >= 4 is 17.4 Å². The van der Waals surface area contributed by atoms with Gasteiger partial charge < -0.3 is 4.74 Å². The minimum atomic E-state index is -0.442. The number of thioether (sulfide) groups is 1. The summed E-state index contributed by atoms with van der Waals surface area (Å²) in [5.74, 6) is 0.916. The molecule has 2 rings (SSSR count). The molecule has 1 aromatic carbocycles. The molecule has 0 unspecified atom stereocenters. The predicted molar refractivity (Wildman–Crippen MR) is 76.1 cm³/mol. The summed E-state index contributed by atoms with van der Waals surface area (Å²) >= 11 is 1.44. The van der Waals surface area contributed by atoms with E-state index in [0.29, 0.717) is 23.3 Å². The van der Waals surface area contributed by atoms with Gasteiger partial charge in [0.1, 0.15) is 0 Å². The molecule has 0 aliphatic carbocycles. The molecule has 0 spiro atoms. The fraction of sp³-hybridized carbons (Fsp3) is 0.231. The minimum Gasteiger partial charge on any atom is -0.486 e. The van der Waals surface area contributed by atoms with Gasteiger partial charge in [-0.3, -0.25) is 10.1 Å². The van der Waals surface area contributed by atoms with Crippen molar-refractivity contribution in [3.63, 3.8) is 0 Å². The molecule has 0 fully saturated rings. The van der Waals surface area contributed by atoms with Gasteiger partial charge in [0.05, 0.1) is 11.5 Å². The van der Waals surface area contributed by atoms with Crippen LogP contribution in [0.15, 0.2) is 41.8 Å². The van der Waals surface area contributed by atoms with Crippen LogP contribution in [0.25, 0.3) is 0 Å². The van der Waals surface area contributed by atoms with Gasteiger partial charge in [-0.1, -0.05) is 17.8 Å². The summed E-state index contributed by atoms with van der Waals surface area (Å²) in [5.41, 5.74) is 0.904. The van der Waals surface area contributed by atoms with Crippen LogP contribution in [-0.2, 0) is 0 Å². The summed E-state index contributed by atoms with van der Waals surface area (Å²) in [7, 11) is 0. The van der Waals surface area contributed by atoms with Gasteiger partial charge in [-0.2, -0.15) is 0 Å². The second kappa shape index (κ2) is 6.85. The molecule has 0 aliphatic rings. The number of hydrogen-bond donors (Lipinski definition) is 0. The molecule has 1 aromatic heterocycles. The molecule has 20 heavy (non-hydrogen) atoms. The van der Waals surface area contributed by atoms with Gasteiger partial charge >= 0.3 is 5.69 Å². The molecule has 0 saturated carbocycles. The lowest BCUT2D eigenvalue weighted by Gasteiger charge is -2.07. The van der Waals surface area contributed by atoms with Crippen LogP contribution in [0.2, 0.25) is 0 Å². The largest absolute Gasteiger partial charge is 0.486 e. The van der Waals surface area contributed by atoms with Gasteiger partial charge in [0.25, 0.3) is 0 Å². The van der Waals surface area contributed by atoms with Crippen LogP contribution in [0.5, 0.6) is 5.75 Å². The number of aryl methyl sites for hydroxylation is 1. The monoisotopic (exact) mass is 291 g/mol. The van der Waals surface area contributed by atoms with Gasteiger partial charge in [0, 0.05) is 24.2 Å². The Hall–Kier alpha value is -2.15. The number of hydrogen-bond acceptors (Lipinski definition) is 6. The molecule has 104 valence electrons. The van der Waals surface area contributed by atoms with Crippen LogP contribution in [0.3, 0.4) is 0 Å². The third-order valence-corrected chi connectivity index (χ3v) is 3.27. The fourth-order valence-electron chi connectivity index (χ4n) is 1.53.